The van der Waals surface area contributed by atoms with Crippen molar-refractivity contribution in [3.63, 3.8) is 0 Å². The predicted octanol–water partition coefficient (Wildman–Crippen LogP) is 7.83. The molecule has 5 rings (SSSR count). The van der Waals surface area contributed by atoms with E-state index in [-0.39, 0.29) is 11.8 Å². The molecule has 34 heavy (non-hydrogen) atoms. The minimum absolute atomic E-state index is 0.0861. The maximum absolute atomic E-state index is 12.1. The molecule has 0 bridgehead atoms. The first-order valence-electron chi connectivity index (χ1n) is 12.3. The summed E-state index contributed by atoms with van der Waals surface area (Å²) in [5, 5.41) is 10.8. The zero-order valence-electron chi connectivity index (χ0n) is 19.8. The van der Waals surface area contributed by atoms with E-state index in [1.165, 1.54) is 37.7 Å². The Morgan fingerprint density at radius 1 is 0.882 bits per heavy atom. The minimum Gasteiger partial charge on any atom is -0.491 e. The fourth-order valence-electron chi connectivity index (χ4n) is 5.16. The van der Waals surface area contributed by atoms with Crippen LogP contribution in [0.25, 0.3) is 27.7 Å². The number of fused-ring (bicyclic) bond motifs is 1. The number of aromatic carboxylic acids is 1. The predicted molar refractivity (Wildman–Crippen MR) is 137 cm³/mol. The Balaban J connectivity index is 1.49. The lowest BCUT2D eigenvalue weighted by Crippen LogP contribution is -2.07. The molecule has 4 heteroatoms. The van der Waals surface area contributed by atoms with Crippen LogP contribution in [-0.4, -0.2) is 21.7 Å². The van der Waals surface area contributed by atoms with Crippen molar-refractivity contribution in [2.24, 2.45) is 0 Å². The molecule has 3 aromatic carbocycles. The number of carboxylic acid groups (broad SMARTS) is 1. The van der Waals surface area contributed by atoms with Gasteiger partial charge in [-0.15, -0.1) is 0 Å². The Hall–Kier alpha value is -3.53. The van der Waals surface area contributed by atoms with E-state index in [0.717, 1.165) is 33.5 Å². The molecule has 0 unspecified atom stereocenters. The molecular weight excluding hydrogens is 422 g/mol. The fourth-order valence-corrected chi connectivity index (χ4v) is 5.16. The minimum atomic E-state index is -0.947. The fraction of sp³-hybridized carbons (Fsp3) is 0.300. The Bertz CT molecular complexity index is 1290. The van der Waals surface area contributed by atoms with Gasteiger partial charge in [-0.2, -0.15) is 0 Å². The van der Waals surface area contributed by atoms with Crippen molar-refractivity contribution in [3.05, 3.63) is 84.1 Å². The summed E-state index contributed by atoms with van der Waals surface area (Å²) in [7, 11) is 0. The molecule has 0 spiro atoms. The quantitative estimate of drug-likeness (QED) is 0.324. The van der Waals surface area contributed by atoms with Crippen molar-refractivity contribution in [1.82, 2.24) is 4.57 Å². The molecule has 0 amide bonds. The van der Waals surface area contributed by atoms with Gasteiger partial charge in [0.05, 0.1) is 11.6 Å². The van der Waals surface area contributed by atoms with Crippen LogP contribution in [0.15, 0.2) is 72.8 Å². The van der Waals surface area contributed by atoms with E-state index in [0.29, 0.717) is 5.92 Å². The molecular formula is C30H31NO3. The van der Waals surface area contributed by atoms with Gasteiger partial charge >= 0.3 is 5.97 Å². The summed E-state index contributed by atoms with van der Waals surface area (Å²) in [5.41, 5.74) is 5.61. The largest absolute Gasteiger partial charge is 0.491 e. The SMILES string of the molecule is CC(C)Oc1ccc(-n2c(C(=O)O)cc3cc(-c4ccc(C5CCCCC5)cc4)ccc32)cc1. The molecule has 174 valence electrons. The molecule has 1 N–H and O–H groups in total. The van der Waals surface area contributed by atoms with Crippen molar-refractivity contribution in [2.75, 3.05) is 0 Å². The number of carbonyl (C=O) groups is 1. The highest BCUT2D eigenvalue weighted by Crippen LogP contribution is 2.35. The van der Waals surface area contributed by atoms with Gasteiger partial charge < -0.3 is 14.4 Å². The average Bonchev–Trinajstić information content (AvgIpc) is 3.24. The summed E-state index contributed by atoms with van der Waals surface area (Å²) in [5.74, 6) is 0.512. The van der Waals surface area contributed by atoms with Crippen LogP contribution in [0, 0.1) is 0 Å². The van der Waals surface area contributed by atoms with Crippen LogP contribution in [0.5, 0.6) is 5.75 Å². The van der Waals surface area contributed by atoms with E-state index >= 15 is 0 Å². The normalized spacial score (nSPS) is 14.6. The third-order valence-electron chi connectivity index (χ3n) is 6.81. The van der Waals surface area contributed by atoms with Crippen LogP contribution < -0.4 is 4.74 Å². The van der Waals surface area contributed by atoms with Gasteiger partial charge in [0.25, 0.3) is 0 Å². The summed E-state index contributed by atoms with van der Waals surface area (Å²) < 4.78 is 7.54. The second kappa shape index (κ2) is 9.38. The van der Waals surface area contributed by atoms with Gasteiger partial charge in [0.2, 0.25) is 0 Å². The van der Waals surface area contributed by atoms with E-state index in [1.54, 1.807) is 10.6 Å². The van der Waals surface area contributed by atoms with Crippen molar-refractivity contribution in [1.29, 1.82) is 0 Å². The van der Waals surface area contributed by atoms with Crippen molar-refractivity contribution in [3.8, 4) is 22.6 Å². The summed E-state index contributed by atoms with van der Waals surface area (Å²) in [6.45, 7) is 3.97. The van der Waals surface area contributed by atoms with Gasteiger partial charge in [0.1, 0.15) is 11.4 Å². The second-order valence-electron chi connectivity index (χ2n) is 9.56. The first kappa shape index (κ1) is 22.3. The topological polar surface area (TPSA) is 51.5 Å². The molecule has 0 saturated heterocycles. The van der Waals surface area contributed by atoms with Crippen LogP contribution in [-0.2, 0) is 0 Å². The Labute approximate surface area is 200 Å². The summed E-state index contributed by atoms with van der Waals surface area (Å²) in [6, 6.07) is 24.5. The molecule has 1 saturated carbocycles. The third-order valence-corrected chi connectivity index (χ3v) is 6.81. The molecule has 4 aromatic rings. The molecule has 4 nitrogen and oxygen atoms in total. The lowest BCUT2D eigenvalue weighted by atomic mass is 9.84. The first-order chi connectivity index (χ1) is 16.5. The van der Waals surface area contributed by atoms with Crippen molar-refractivity contribution in [2.45, 2.75) is 58.0 Å². The molecule has 0 aliphatic heterocycles. The Kier molecular flexibility index (Phi) is 6.14. The van der Waals surface area contributed by atoms with E-state index in [9.17, 15) is 9.90 Å². The maximum atomic E-state index is 12.1. The van der Waals surface area contributed by atoms with E-state index in [1.807, 2.05) is 44.2 Å². The summed E-state index contributed by atoms with van der Waals surface area (Å²) in [4.78, 5) is 12.1. The van der Waals surface area contributed by atoms with Crippen LogP contribution >= 0.6 is 0 Å². The van der Waals surface area contributed by atoms with Crippen LogP contribution in [0.1, 0.15) is 67.9 Å². The highest BCUT2D eigenvalue weighted by Gasteiger charge is 2.18. The van der Waals surface area contributed by atoms with Gasteiger partial charge in [0.15, 0.2) is 0 Å². The molecule has 1 aliphatic rings. The summed E-state index contributed by atoms with van der Waals surface area (Å²) in [6.07, 6.45) is 6.70. The van der Waals surface area contributed by atoms with E-state index < -0.39 is 5.97 Å². The van der Waals surface area contributed by atoms with Gasteiger partial charge in [0, 0.05) is 11.1 Å². The number of hydrogen-bond acceptors (Lipinski definition) is 2. The molecule has 0 radical (unpaired) electrons. The standard InChI is InChI=1S/C30H31NO3/c1-20(2)34-27-15-13-26(14-16-27)31-28-17-12-24(18-25(28)19-29(31)30(32)33)23-10-8-22(9-11-23)21-6-4-3-5-7-21/h8-21H,3-7H2,1-2H3,(H,32,33). The Morgan fingerprint density at radius 2 is 1.56 bits per heavy atom. The van der Waals surface area contributed by atoms with Gasteiger partial charge in [-0.1, -0.05) is 49.6 Å². The highest BCUT2D eigenvalue weighted by atomic mass is 16.5. The number of rotatable bonds is 6. The van der Waals surface area contributed by atoms with Crippen LogP contribution in [0.3, 0.4) is 0 Å². The monoisotopic (exact) mass is 453 g/mol. The van der Waals surface area contributed by atoms with E-state index in [2.05, 4.69) is 36.4 Å². The Morgan fingerprint density at radius 3 is 2.21 bits per heavy atom. The zero-order valence-corrected chi connectivity index (χ0v) is 19.8. The number of ether oxygens (including phenoxy) is 1. The van der Waals surface area contributed by atoms with Crippen LogP contribution in [0.2, 0.25) is 0 Å². The highest BCUT2D eigenvalue weighted by molar-refractivity contribution is 5.97. The van der Waals surface area contributed by atoms with Gasteiger partial charge in [-0.25, -0.2) is 4.79 Å². The third kappa shape index (κ3) is 4.45. The first-order valence-corrected chi connectivity index (χ1v) is 12.3. The van der Waals surface area contributed by atoms with Gasteiger partial charge in [-0.3, -0.25) is 0 Å². The molecule has 1 fully saturated rings. The molecule has 1 aromatic heterocycles. The number of carboxylic acids is 1. The van der Waals surface area contributed by atoms with Crippen molar-refractivity contribution >= 4 is 16.9 Å². The maximum Gasteiger partial charge on any atom is 0.352 e. The molecule has 0 atom stereocenters. The smallest absolute Gasteiger partial charge is 0.352 e. The second-order valence-corrected chi connectivity index (χ2v) is 9.56. The van der Waals surface area contributed by atoms with Crippen molar-refractivity contribution < 1.29 is 14.6 Å². The van der Waals surface area contributed by atoms with E-state index in [4.69, 9.17) is 4.74 Å². The lowest BCUT2D eigenvalue weighted by Gasteiger charge is -2.22. The number of benzene rings is 3. The molecule has 1 heterocycles. The number of hydrogen-bond donors (Lipinski definition) is 1. The number of nitrogens with zero attached hydrogens (tertiary/aromatic N) is 1. The average molecular weight is 454 g/mol. The summed E-state index contributed by atoms with van der Waals surface area (Å²) >= 11 is 0. The number of aromatic nitrogens is 1. The lowest BCUT2D eigenvalue weighted by molar-refractivity contribution is 0.0688. The zero-order chi connectivity index (χ0) is 23.7. The molecule has 1 aliphatic carbocycles. The van der Waals surface area contributed by atoms with Crippen LogP contribution in [0.4, 0.5) is 0 Å². The van der Waals surface area contributed by atoms with Gasteiger partial charge in [-0.05, 0) is 91.8 Å².